The summed E-state index contributed by atoms with van der Waals surface area (Å²) in [6.45, 7) is 0.392. The molecule has 0 fully saturated rings. The largest absolute Gasteiger partial charge is 0.339 e. The van der Waals surface area contributed by atoms with E-state index in [0.717, 1.165) is 6.26 Å². The first-order chi connectivity index (χ1) is 9.33. The van der Waals surface area contributed by atoms with Crippen LogP contribution in [0.2, 0.25) is 0 Å². The molecule has 0 unspecified atom stereocenters. The molecule has 0 atom stereocenters. The second-order valence-corrected chi connectivity index (χ2v) is 6.55. The van der Waals surface area contributed by atoms with Crippen molar-refractivity contribution in [2.24, 2.45) is 5.73 Å². The van der Waals surface area contributed by atoms with Gasteiger partial charge in [-0.25, -0.2) is 13.4 Å². The van der Waals surface area contributed by atoms with Crippen LogP contribution < -0.4 is 5.73 Å². The Morgan fingerprint density at radius 3 is 2.65 bits per heavy atom. The lowest BCUT2D eigenvalue weighted by Crippen LogP contribution is -2.31. The Kier molecular flexibility index (Phi) is 5.67. The highest BCUT2D eigenvalue weighted by Crippen LogP contribution is 2.03. The summed E-state index contributed by atoms with van der Waals surface area (Å²) in [4.78, 5) is 17.3. The Bertz CT molecular complexity index is 627. The van der Waals surface area contributed by atoms with E-state index in [4.69, 9.17) is 5.73 Å². The lowest BCUT2D eigenvalue weighted by Gasteiger charge is -2.15. The van der Waals surface area contributed by atoms with E-state index >= 15 is 0 Å². The normalized spacial score (nSPS) is 10.6. The number of nitrogens with zero attached hydrogens (tertiary/aromatic N) is 2. The molecule has 0 saturated carbocycles. The van der Waals surface area contributed by atoms with Gasteiger partial charge in [0.15, 0.2) is 0 Å². The standard InChI is InChI=1S/C13H17N3O3S/c1-16(8-9-20(2,18)19)13(17)12-6-5-11(10-15-12)4-3-7-14/h5-6,10H,7-9,14H2,1-2H3. The van der Waals surface area contributed by atoms with E-state index in [-0.39, 0.29) is 30.4 Å². The minimum atomic E-state index is -3.10. The van der Waals surface area contributed by atoms with Crippen molar-refractivity contribution < 1.29 is 13.2 Å². The first-order valence-electron chi connectivity index (χ1n) is 5.91. The molecule has 7 heteroatoms. The summed E-state index contributed by atoms with van der Waals surface area (Å²) in [5, 5.41) is 0. The second-order valence-electron chi connectivity index (χ2n) is 4.29. The molecule has 0 bridgehead atoms. The molecule has 0 spiro atoms. The van der Waals surface area contributed by atoms with Crippen LogP contribution in [-0.2, 0) is 9.84 Å². The maximum atomic E-state index is 12.0. The van der Waals surface area contributed by atoms with E-state index in [2.05, 4.69) is 16.8 Å². The van der Waals surface area contributed by atoms with Gasteiger partial charge in [-0.3, -0.25) is 4.79 Å². The Balaban J connectivity index is 2.72. The van der Waals surface area contributed by atoms with Gasteiger partial charge < -0.3 is 10.6 Å². The van der Waals surface area contributed by atoms with E-state index in [0.29, 0.717) is 5.56 Å². The summed E-state index contributed by atoms with van der Waals surface area (Å²) in [6, 6.07) is 3.23. The summed E-state index contributed by atoms with van der Waals surface area (Å²) >= 11 is 0. The van der Waals surface area contributed by atoms with Gasteiger partial charge in [0, 0.05) is 31.6 Å². The molecule has 1 heterocycles. The van der Waals surface area contributed by atoms with Crippen molar-refractivity contribution in [2.45, 2.75) is 0 Å². The second kappa shape index (κ2) is 7.03. The molecule has 2 N–H and O–H groups in total. The zero-order valence-corrected chi connectivity index (χ0v) is 12.3. The number of aromatic nitrogens is 1. The zero-order valence-electron chi connectivity index (χ0n) is 11.5. The predicted molar refractivity (Wildman–Crippen MR) is 76.8 cm³/mol. The molecular weight excluding hydrogens is 278 g/mol. The van der Waals surface area contributed by atoms with E-state index in [1.165, 1.54) is 18.1 Å². The molecule has 1 aromatic rings. The summed E-state index contributed by atoms with van der Waals surface area (Å²) in [5.41, 5.74) is 6.18. The van der Waals surface area contributed by atoms with Gasteiger partial charge in [0.1, 0.15) is 15.5 Å². The van der Waals surface area contributed by atoms with Crippen LogP contribution in [-0.4, -0.2) is 56.4 Å². The molecule has 0 aliphatic carbocycles. The maximum absolute atomic E-state index is 12.0. The van der Waals surface area contributed by atoms with Gasteiger partial charge in [0.05, 0.1) is 12.3 Å². The lowest BCUT2D eigenvalue weighted by atomic mass is 10.2. The molecule has 108 valence electrons. The number of rotatable bonds is 4. The van der Waals surface area contributed by atoms with Crippen molar-refractivity contribution in [3.63, 3.8) is 0 Å². The molecule has 1 aromatic heterocycles. The van der Waals surface area contributed by atoms with Crippen LogP contribution in [0.4, 0.5) is 0 Å². The molecule has 0 radical (unpaired) electrons. The van der Waals surface area contributed by atoms with Crippen molar-refractivity contribution in [2.75, 3.05) is 32.1 Å². The molecule has 6 nitrogen and oxygen atoms in total. The van der Waals surface area contributed by atoms with Crippen molar-refractivity contribution in [1.29, 1.82) is 0 Å². The monoisotopic (exact) mass is 295 g/mol. The van der Waals surface area contributed by atoms with E-state index in [1.807, 2.05) is 0 Å². The first-order valence-corrected chi connectivity index (χ1v) is 7.97. The van der Waals surface area contributed by atoms with Gasteiger partial charge in [-0.1, -0.05) is 11.8 Å². The topological polar surface area (TPSA) is 93.4 Å². The van der Waals surface area contributed by atoms with Crippen LogP contribution in [0.15, 0.2) is 18.3 Å². The van der Waals surface area contributed by atoms with Gasteiger partial charge in [-0.05, 0) is 12.1 Å². The molecule has 0 aliphatic heterocycles. The smallest absolute Gasteiger partial charge is 0.272 e. The maximum Gasteiger partial charge on any atom is 0.272 e. The average Bonchev–Trinajstić information content (AvgIpc) is 2.41. The zero-order chi connectivity index (χ0) is 15.2. The number of nitrogens with two attached hydrogens (primary N) is 1. The molecular formula is C13H17N3O3S. The fourth-order valence-electron chi connectivity index (χ4n) is 1.35. The van der Waals surface area contributed by atoms with Crippen molar-refractivity contribution >= 4 is 15.7 Å². The Labute approximate surface area is 118 Å². The van der Waals surface area contributed by atoms with Gasteiger partial charge in [0.2, 0.25) is 0 Å². The Hall–Kier alpha value is -1.91. The van der Waals surface area contributed by atoms with Crippen molar-refractivity contribution in [1.82, 2.24) is 9.88 Å². The predicted octanol–water partition coefficient (Wildman–Crippen LogP) is -0.492. The lowest BCUT2D eigenvalue weighted by molar-refractivity contribution is 0.0797. The molecule has 1 rings (SSSR count). The fraction of sp³-hybridized carbons (Fsp3) is 0.385. The van der Waals surface area contributed by atoms with Crippen LogP contribution in [0.1, 0.15) is 16.1 Å². The third kappa shape index (κ3) is 5.38. The molecule has 0 saturated heterocycles. The summed E-state index contributed by atoms with van der Waals surface area (Å²) in [6.07, 6.45) is 2.62. The first kappa shape index (κ1) is 16.1. The van der Waals surface area contributed by atoms with Crippen LogP contribution in [0.3, 0.4) is 0 Å². The van der Waals surface area contributed by atoms with Gasteiger partial charge in [0.25, 0.3) is 5.91 Å². The average molecular weight is 295 g/mol. The Morgan fingerprint density at radius 1 is 1.45 bits per heavy atom. The number of pyridine rings is 1. The van der Waals surface area contributed by atoms with E-state index in [9.17, 15) is 13.2 Å². The van der Waals surface area contributed by atoms with Gasteiger partial charge in [-0.2, -0.15) is 0 Å². The van der Waals surface area contributed by atoms with Crippen LogP contribution in [0.25, 0.3) is 0 Å². The number of carbonyl (C=O) groups excluding carboxylic acids is 1. The summed E-state index contributed by atoms with van der Waals surface area (Å²) in [5.74, 6) is 5.09. The van der Waals surface area contributed by atoms with E-state index in [1.54, 1.807) is 12.1 Å². The third-order valence-electron chi connectivity index (χ3n) is 2.46. The van der Waals surface area contributed by atoms with Crippen LogP contribution >= 0.6 is 0 Å². The van der Waals surface area contributed by atoms with E-state index < -0.39 is 9.84 Å². The number of hydrogen-bond acceptors (Lipinski definition) is 5. The van der Waals surface area contributed by atoms with Crippen LogP contribution in [0, 0.1) is 11.8 Å². The third-order valence-corrected chi connectivity index (χ3v) is 3.39. The summed E-state index contributed by atoms with van der Waals surface area (Å²) < 4.78 is 22.1. The number of carbonyl (C=O) groups is 1. The van der Waals surface area contributed by atoms with Gasteiger partial charge in [-0.15, -0.1) is 0 Å². The molecule has 0 aliphatic rings. The molecule has 0 aromatic carbocycles. The number of hydrogen-bond donors (Lipinski definition) is 1. The molecule has 20 heavy (non-hydrogen) atoms. The van der Waals surface area contributed by atoms with Crippen LogP contribution in [0.5, 0.6) is 0 Å². The fourth-order valence-corrected chi connectivity index (χ4v) is 1.95. The molecule has 1 amide bonds. The highest BCUT2D eigenvalue weighted by Gasteiger charge is 2.14. The number of sulfone groups is 1. The number of amides is 1. The minimum absolute atomic E-state index is 0.0741. The van der Waals surface area contributed by atoms with Crippen molar-refractivity contribution in [3.8, 4) is 11.8 Å². The summed E-state index contributed by atoms with van der Waals surface area (Å²) in [7, 11) is -1.56. The quantitative estimate of drug-likeness (QED) is 0.756. The minimum Gasteiger partial charge on any atom is -0.339 e. The highest BCUT2D eigenvalue weighted by atomic mass is 32.2. The SMILES string of the molecule is CN(CCS(C)(=O)=O)C(=O)c1ccc(C#CCN)cn1. The highest BCUT2D eigenvalue weighted by molar-refractivity contribution is 7.90. The Morgan fingerprint density at radius 2 is 2.15 bits per heavy atom. The van der Waals surface area contributed by atoms with Gasteiger partial charge >= 0.3 is 0 Å². The van der Waals surface area contributed by atoms with Crippen molar-refractivity contribution in [3.05, 3.63) is 29.6 Å².